The Morgan fingerprint density at radius 2 is 2.36 bits per heavy atom. The highest BCUT2D eigenvalue weighted by molar-refractivity contribution is 4.83. The highest BCUT2D eigenvalue weighted by atomic mass is 15.4. The molecular weight excluding hydrogens is 136 g/mol. The smallest absolute Gasteiger partial charge is 0.0727 e. The minimum absolute atomic E-state index is 0.681. The molecule has 0 bridgehead atoms. The van der Waals surface area contributed by atoms with Crippen LogP contribution in [0.5, 0.6) is 0 Å². The number of hydrogen-bond acceptors (Lipinski definition) is 2. The lowest BCUT2D eigenvalue weighted by atomic mass is 10.3. The van der Waals surface area contributed by atoms with E-state index in [9.17, 15) is 0 Å². The average Bonchev–Trinajstić information content (AvgIpc) is 2.67. The average molecular weight is 154 g/mol. The molecule has 2 atom stereocenters. The van der Waals surface area contributed by atoms with Crippen LogP contribution in [-0.4, -0.2) is 31.2 Å². The first kappa shape index (κ1) is 8.75. The molecule has 1 aliphatic heterocycles. The van der Waals surface area contributed by atoms with Crippen molar-refractivity contribution < 1.29 is 0 Å². The molecule has 1 saturated heterocycles. The van der Waals surface area contributed by atoms with Crippen LogP contribution in [0, 0.1) is 0 Å². The van der Waals surface area contributed by atoms with Crippen molar-refractivity contribution in [3.63, 3.8) is 0 Å². The lowest BCUT2D eigenvalue weighted by Crippen LogP contribution is -2.21. The number of allylic oxidation sites excluding steroid dienone is 2. The quantitative estimate of drug-likeness (QED) is 0.363. The van der Waals surface area contributed by atoms with Crippen LogP contribution in [0.4, 0.5) is 0 Å². The first-order valence-electron chi connectivity index (χ1n) is 4.39. The van der Waals surface area contributed by atoms with Gasteiger partial charge in [-0.15, -0.1) is 0 Å². The summed E-state index contributed by atoms with van der Waals surface area (Å²) in [4.78, 5) is 2.30. The molecule has 1 heterocycles. The minimum atomic E-state index is 0.681. The van der Waals surface area contributed by atoms with Crippen molar-refractivity contribution in [3.05, 3.63) is 12.2 Å². The molecule has 2 heteroatoms. The molecule has 1 rings (SSSR count). The third-order valence-electron chi connectivity index (χ3n) is 2.02. The maximum Gasteiger partial charge on any atom is 0.0727 e. The Morgan fingerprint density at radius 1 is 1.64 bits per heavy atom. The normalized spacial score (nSPS) is 29.6. The summed E-state index contributed by atoms with van der Waals surface area (Å²) in [7, 11) is 2.14. The number of nitrogens with one attached hydrogen (secondary N) is 1. The number of likely N-dealkylation sites (N-methyl/N-ethyl adjacent to an activating group) is 1. The van der Waals surface area contributed by atoms with Crippen molar-refractivity contribution in [1.29, 1.82) is 0 Å². The summed E-state index contributed by atoms with van der Waals surface area (Å²) >= 11 is 0. The highest BCUT2D eigenvalue weighted by Gasteiger charge is 2.27. The third-order valence-corrected chi connectivity index (χ3v) is 2.02. The first-order valence-corrected chi connectivity index (χ1v) is 4.39. The van der Waals surface area contributed by atoms with Crippen LogP contribution in [0.3, 0.4) is 0 Å². The van der Waals surface area contributed by atoms with Gasteiger partial charge in [0, 0.05) is 6.54 Å². The van der Waals surface area contributed by atoms with E-state index >= 15 is 0 Å². The van der Waals surface area contributed by atoms with Gasteiger partial charge in [-0.1, -0.05) is 12.2 Å². The maximum atomic E-state index is 3.46. The third kappa shape index (κ3) is 3.54. The van der Waals surface area contributed by atoms with Crippen LogP contribution < -0.4 is 5.32 Å². The Kier molecular flexibility index (Phi) is 3.60. The van der Waals surface area contributed by atoms with E-state index < -0.39 is 0 Å². The molecule has 1 aliphatic rings. The molecule has 1 N–H and O–H groups in total. The van der Waals surface area contributed by atoms with Gasteiger partial charge < -0.3 is 5.32 Å². The SMILES string of the molecule is CC=CCCCNC1CN1C. The number of unbranched alkanes of at least 4 members (excludes halogenated alkanes) is 1. The van der Waals surface area contributed by atoms with Crippen LogP contribution in [0.2, 0.25) is 0 Å². The molecule has 11 heavy (non-hydrogen) atoms. The van der Waals surface area contributed by atoms with E-state index in [0.29, 0.717) is 6.17 Å². The predicted octanol–water partition coefficient (Wildman–Crippen LogP) is 1.20. The van der Waals surface area contributed by atoms with Gasteiger partial charge in [0.1, 0.15) is 0 Å². The van der Waals surface area contributed by atoms with Gasteiger partial charge >= 0.3 is 0 Å². The fourth-order valence-electron chi connectivity index (χ4n) is 1.10. The second kappa shape index (κ2) is 4.52. The van der Waals surface area contributed by atoms with E-state index in [-0.39, 0.29) is 0 Å². The second-order valence-electron chi connectivity index (χ2n) is 3.12. The topological polar surface area (TPSA) is 15.0 Å². The number of hydrogen-bond donors (Lipinski definition) is 1. The van der Waals surface area contributed by atoms with Gasteiger partial charge in [-0.25, -0.2) is 0 Å². The van der Waals surface area contributed by atoms with Crippen LogP contribution in [0.1, 0.15) is 19.8 Å². The molecule has 64 valence electrons. The van der Waals surface area contributed by atoms with Crippen molar-refractivity contribution in [2.24, 2.45) is 0 Å². The predicted molar refractivity (Wildman–Crippen MR) is 48.5 cm³/mol. The van der Waals surface area contributed by atoms with E-state index in [1.807, 2.05) is 0 Å². The van der Waals surface area contributed by atoms with Gasteiger partial charge in [-0.3, -0.25) is 4.90 Å². The Balaban J connectivity index is 1.81. The zero-order valence-electron chi connectivity index (χ0n) is 7.51. The summed E-state index contributed by atoms with van der Waals surface area (Å²) in [5, 5.41) is 3.46. The molecule has 0 amide bonds. The van der Waals surface area contributed by atoms with Crippen molar-refractivity contribution in [3.8, 4) is 0 Å². The lowest BCUT2D eigenvalue weighted by molar-refractivity contribution is 0.527. The molecule has 0 aromatic rings. The van der Waals surface area contributed by atoms with Crippen molar-refractivity contribution >= 4 is 0 Å². The van der Waals surface area contributed by atoms with Gasteiger partial charge in [0.25, 0.3) is 0 Å². The summed E-state index contributed by atoms with van der Waals surface area (Å²) in [6.45, 7) is 4.45. The molecule has 0 saturated carbocycles. The number of nitrogens with zero attached hydrogens (tertiary/aromatic N) is 1. The summed E-state index contributed by atoms with van der Waals surface area (Å²) in [5.41, 5.74) is 0. The molecule has 2 nitrogen and oxygen atoms in total. The van der Waals surface area contributed by atoms with Gasteiger partial charge in [0.05, 0.1) is 6.17 Å². The van der Waals surface area contributed by atoms with Gasteiger partial charge in [0.15, 0.2) is 0 Å². The summed E-state index contributed by atoms with van der Waals surface area (Å²) in [6, 6.07) is 0. The zero-order valence-corrected chi connectivity index (χ0v) is 7.51. The highest BCUT2D eigenvalue weighted by Crippen LogP contribution is 2.08. The molecule has 0 aromatic heterocycles. The molecule has 0 aliphatic carbocycles. The van der Waals surface area contributed by atoms with Crippen LogP contribution in [0.25, 0.3) is 0 Å². The largest absolute Gasteiger partial charge is 0.301 e. The summed E-state index contributed by atoms with van der Waals surface area (Å²) in [5.74, 6) is 0. The monoisotopic (exact) mass is 154 g/mol. The Bertz CT molecular complexity index is 132. The maximum absolute atomic E-state index is 3.46. The molecule has 0 spiro atoms. The fourth-order valence-corrected chi connectivity index (χ4v) is 1.10. The van der Waals surface area contributed by atoms with Crippen molar-refractivity contribution in [2.75, 3.05) is 20.1 Å². The molecular formula is C9H18N2. The Morgan fingerprint density at radius 3 is 2.91 bits per heavy atom. The van der Waals surface area contributed by atoms with Crippen LogP contribution in [-0.2, 0) is 0 Å². The van der Waals surface area contributed by atoms with E-state index in [2.05, 4.69) is 36.3 Å². The van der Waals surface area contributed by atoms with E-state index in [4.69, 9.17) is 0 Å². The van der Waals surface area contributed by atoms with E-state index in [1.165, 1.54) is 19.4 Å². The second-order valence-corrected chi connectivity index (χ2v) is 3.12. The van der Waals surface area contributed by atoms with Crippen molar-refractivity contribution in [2.45, 2.75) is 25.9 Å². The van der Waals surface area contributed by atoms with Crippen molar-refractivity contribution in [1.82, 2.24) is 10.2 Å². The van der Waals surface area contributed by atoms with Crippen LogP contribution in [0.15, 0.2) is 12.2 Å². The molecule has 0 radical (unpaired) electrons. The molecule has 1 fully saturated rings. The molecule has 0 aromatic carbocycles. The fraction of sp³-hybridized carbons (Fsp3) is 0.778. The van der Waals surface area contributed by atoms with E-state index in [1.54, 1.807) is 0 Å². The summed E-state index contributed by atoms with van der Waals surface area (Å²) < 4.78 is 0. The van der Waals surface area contributed by atoms with Gasteiger partial charge in [-0.2, -0.15) is 0 Å². The first-order chi connectivity index (χ1) is 5.34. The minimum Gasteiger partial charge on any atom is -0.301 e. The lowest BCUT2D eigenvalue weighted by Gasteiger charge is -1.99. The van der Waals surface area contributed by atoms with Gasteiger partial charge in [-0.05, 0) is 33.4 Å². The Labute approximate surface area is 69.3 Å². The van der Waals surface area contributed by atoms with E-state index in [0.717, 1.165) is 6.54 Å². The standard InChI is InChI=1S/C9H18N2/c1-3-4-5-6-7-10-9-8-11(9)2/h3-4,9-10H,5-8H2,1-2H3. The molecule has 2 unspecified atom stereocenters. The zero-order chi connectivity index (χ0) is 8.10. The van der Waals surface area contributed by atoms with Crippen LogP contribution >= 0.6 is 0 Å². The van der Waals surface area contributed by atoms with Gasteiger partial charge in [0.2, 0.25) is 0 Å². The number of rotatable bonds is 5. The Hall–Kier alpha value is -0.340. The summed E-state index contributed by atoms with van der Waals surface area (Å²) in [6.07, 6.45) is 7.48.